The smallest absolute Gasteiger partial charge is 0.129 e. The molecule has 0 radical (unpaired) electrons. The van der Waals surface area contributed by atoms with Crippen LogP contribution in [0.1, 0.15) is 24.1 Å². The molecule has 0 bridgehead atoms. The number of nitrogen functional groups attached to an aromatic ring is 1. The first-order chi connectivity index (χ1) is 9.39. The molecule has 2 heterocycles. The number of nitrogens with one attached hydrogen (secondary N) is 1. The zero-order valence-electron chi connectivity index (χ0n) is 12.0. The van der Waals surface area contributed by atoms with E-state index in [2.05, 4.69) is 4.98 Å². The molecule has 1 saturated heterocycles. The van der Waals surface area contributed by atoms with Crippen molar-refractivity contribution in [2.75, 3.05) is 31.7 Å². The molecule has 0 amide bonds. The van der Waals surface area contributed by atoms with Gasteiger partial charge in [0, 0.05) is 50.9 Å². The summed E-state index contributed by atoms with van der Waals surface area (Å²) in [5, 5.41) is 18.1. The number of aliphatic hydroxyl groups is 1. The van der Waals surface area contributed by atoms with Gasteiger partial charge in [0.25, 0.3) is 0 Å². The number of amidine groups is 1. The number of hydrogen-bond acceptors (Lipinski definition) is 5. The van der Waals surface area contributed by atoms with Crippen molar-refractivity contribution in [2.24, 2.45) is 5.73 Å². The number of rotatable bonds is 4. The van der Waals surface area contributed by atoms with Crippen molar-refractivity contribution in [3.05, 3.63) is 23.4 Å². The number of pyridine rings is 1. The molecule has 1 aliphatic rings. The second kappa shape index (κ2) is 5.76. The molecule has 1 aliphatic heterocycles. The van der Waals surface area contributed by atoms with E-state index in [1.807, 2.05) is 18.9 Å². The molecule has 6 heteroatoms. The normalized spacial score (nSPS) is 17.8. The summed E-state index contributed by atoms with van der Waals surface area (Å²) in [7, 11) is 1.89. The van der Waals surface area contributed by atoms with Gasteiger partial charge >= 0.3 is 0 Å². The van der Waals surface area contributed by atoms with Crippen LogP contribution in [0.4, 0.5) is 5.82 Å². The van der Waals surface area contributed by atoms with Crippen LogP contribution in [0.5, 0.6) is 0 Å². The van der Waals surface area contributed by atoms with Crippen molar-refractivity contribution in [1.82, 2.24) is 4.98 Å². The number of aryl methyl sites for hydroxylation is 1. The monoisotopic (exact) mass is 278 g/mol. The van der Waals surface area contributed by atoms with Crippen molar-refractivity contribution >= 4 is 11.7 Å². The van der Waals surface area contributed by atoms with Gasteiger partial charge in [-0.3, -0.25) is 5.41 Å². The van der Waals surface area contributed by atoms with E-state index >= 15 is 0 Å². The van der Waals surface area contributed by atoms with Gasteiger partial charge in [-0.05, 0) is 19.1 Å². The quantitative estimate of drug-likeness (QED) is 0.555. The molecular weight excluding hydrogens is 256 g/mol. The van der Waals surface area contributed by atoms with Crippen LogP contribution in [-0.2, 0) is 4.74 Å². The molecule has 1 aromatic rings. The van der Waals surface area contributed by atoms with Crippen LogP contribution in [0.25, 0.3) is 0 Å². The lowest BCUT2D eigenvalue weighted by atomic mass is 9.94. The van der Waals surface area contributed by atoms with Gasteiger partial charge in [-0.15, -0.1) is 0 Å². The van der Waals surface area contributed by atoms with Crippen molar-refractivity contribution in [1.29, 1.82) is 5.41 Å². The highest BCUT2D eigenvalue weighted by Crippen LogP contribution is 2.23. The SMILES string of the molecule is Cc1cc(C(=N)N)cc(N(C)CC2(O)CCOCC2)n1. The minimum atomic E-state index is -0.741. The average Bonchev–Trinajstić information content (AvgIpc) is 2.38. The molecule has 6 nitrogen and oxygen atoms in total. The highest BCUT2D eigenvalue weighted by atomic mass is 16.5. The van der Waals surface area contributed by atoms with Crippen molar-refractivity contribution in [3.63, 3.8) is 0 Å². The van der Waals surface area contributed by atoms with Gasteiger partial charge < -0.3 is 20.5 Å². The molecule has 4 N–H and O–H groups in total. The number of nitrogens with two attached hydrogens (primary N) is 1. The van der Waals surface area contributed by atoms with E-state index in [-0.39, 0.29) is 5.84 Å². The van der Waals surface area contributed by atoms with Gasteiger partial charge in [0.05, 0.1) is 5.60 Å². The average molecular weight is 278 g/mol. The standard InChI is InChI=1S/C14H22N4O2/c1-10-7-11(13(15)16)8-12(17-10)18(2)9-14(19)3-5-20-6-4-14/h7-8,19H,3-6,9H2,1-2H3,(H3,15,16). The maximum Gasteiger partial charge on any atom is 0.129 e. The first kappa shape index (κ1) is 14.7. The second-order valence-electron chi connectivity index (χ2n) is 5.46. The third-order valence-electron chi connectivity index (χ3n) is 3.60. The molecule has 20 heavy (non-hydrogen) atoms. The molecule has 0 spiro atoms. The Morgan fingerprint density at radius 3 is 2.75 bits per heavy atom. The highest BCUT2D eigenvalue weighted by molar-refractivity contribution is 5.95. The first-order valence-corrected chi connectivity index (χ1v) is 6.74. The zero-order chi connectivity index (χ0) is 14.8. The van der Waals surface area contributed by atoms with Crippen LogP contribution in [0.3, 0.4) is 0 Å². The third-order valence-corrected chi connectivity index (χ3v) is 3.60. The maximum atomic E-state index is 10.5. The highest BCUT2D eigenvalue weighted by Gasteiger charge is 2.31. The first-order valence-electron chi connectivity index (χ1n) is 6.74. The van der Waals surface area contributed by atoms with Gasteiger partial charge in [0.15, 0.2) is 0 Å². The second-order valence-corrected chi connectivity index (χ2v) is 5.46. The summed E-state index contributed by atoms with van der Waals surface area (Å²) in [6.07, 6.45) is 1.26. The summed E-state index contributed by atoms with van der Waals surface area (Å²) >= 11 is 0. The van der Waals surface area contributed by atoms with Gasteiger partial charge in [0.2, 0.25) is 0 Å². The Hall–Kier alpha value is -1.66. The molecule has 0 saturated carbocycles. The van der Waals surface area contributed by atoms with Gasteiger partial charge in [-0.1, -0.05) is 0 Å². The Balaban J connectivity index is 2.16. The van der Waals surface area contributed by atoms with E-state index in [0.717, 1.165) is 11.5 Å². The molecule has 0 unspecified atom stereocenters. The number of likely N-dealkylation sites (N-methyl/N-ethyl adjacent to an activating group) is 1. The van der Waals surface area contributed by atoms with E-state index in [1.54, 1.807) is 12.1 Å². The van der Waals surface area contributed by atoms with Crippen LogP contribution in [0, 0.1) is 12.3 Å². The van der Waals surface area contributed by atoms with Crippen molar-refractivity contribution in [3.8, 4) is 0 Å². The Kier molecular flexibility index (Phi) is 4.25. The lowest BCUT2D eigenvalue weighted by molar-refractivity contribution is -0.0573. The van der Waals surface area contributed by atoms with Gasteiger partial charge in [-0.25, -0.2) is 4.98 Å². The molecule has 0 aromatic carbocycles. The predicted octanol–water partition coefficient (Wildman–Crippen LogP) is 0.652. The number of ether oxygens (including phenoxy) is 1. The Morgan fingerprint density at radius 1 is 1.50 bits per heavy atom. The topological polar surface area (TPSA) is 95.5 Å². The summed E-state index contributed by atoms with van der Waals surface area (Å²) in [5.74, 6) is 0.741. The van der Waals surface area contributed by atoms with Crippen LogP contribution < -0.4 is 10.6 Å². The minimum Gasteiger partial charge on any atom is -0.388 e. The molecule has 1 aromatic heterocycles. The third kappa shape index (κ3) is 3.46. The number of aromatic nitrogens is 1. The molecule has 110 valence electrons. The Bertz CT molecular complexity index is 498. The Labute approximate surface area is 119 Å². The minimum absolute atomic E-state index is 0.0231. The number of hydrogen-bond donors (Lipinski definition) is 3. The van der Waals surface area contributed by atoms with Gasteiger partial charge in [0.1, 0.15) is 11.7 Å². The van der Waals surface area contributed by atoms with Crippen LogP contribution >= 0.6 is 0 Å². The van der Waals surface area contributed by atoms with Crippen LogP contribution in [0.2, 0.25) is 0 Å². The molecule has 2 rings (SSSR count). The summed E-state index contributed by atoms with van der Waals surface area (Å²) in [6, 6.07) is 3.56. The van der Waals surface area contributed by atoms with Gasteiger partial charge in [-0.2, -0.15) is 0 Å². The number of anilines is 1. The summed E-state index contributed by atoms with van der Waals surface area (Å²) in [4.78, 5) is 6.35. The summed E-state index contributed by atoms with van der Waals surface area (Å²) in [6.45, 7) is 3.53. The lowest BCUT2D eigenvalue weighted by Crippen LogP contribution is -2.46. The maximum absolute atomic E-state index is 10.5. The van der Waals surface area contributed by atoms with Crippen LogP contribution in [0.15, 0.2) is 12.1 Å². The fraction of sp³-hybridized carbons (Fsp3) is 0.571. The molecule has 0 atom stereocenters. The van der Waals surface area contributed by atoms with E-state index in [9.17, 15) is 5.11 Å². The summed E-state index contributed by atoms with van der Waals surface area (Å²) < 4.78 is 5.28. The fourth-order valence-corrected chi connectivity index (χ4v) is 2.43. The van der Waals surface area contributed by atoms with E-state index in [4.69, 9.17) is 15.9 Å². The Morgan fingerprint density at radius 2 is 2.15 bits per heavy atom. The number of nitrogens with zero attached hydrogens (tertiary/aromatic N) is 2. The fourth-order valence-electron chi connectivity index (χ4n) is 2.43. The van der Waals surface area contributed by atoms with Crippen LogP contribution in [-0.4, -0.2) is 48.3 Å². The zero-order valence-corrected chi connectivity index (χ0v) is 12.0. The largest absolute Gasteiger partial charge is 0.388 e. The molecular formula is C14H22N4O2. The molecule has 1 fully saturated rings. The van der Waals surface area contributed by atoms with E-state index in [0.29, 0.717) is 38.2 Å². The van der Waals surface area contributed by atoms with E-state index in [1.165, 1.54) is 0 Å². The summed E-state index contributed by atoms with van der Waals surface area (Å²) in [5.41, 5.74) is 6.25. The van der Waals surface area contributed by atoms with Crippen molar-refractivity contribution < 1.29 is 9.84 Å². The molecule has 0 aliphatic carbocycles. The van der Waals surface area contributed by atoms with E-state index < -0.39 is 5.60 Å². The predicted molar refractivity (Wildman–Crippen MR) is 78.3 cm³/mol. The lowest BCUT2D eigenvalue weighted by Gasteiger charge is -2.36. The van der Waals surface area contributed by atoms with Crippen molar-refractivity contribution in [2.45, 2.75) is 25.4 Å².